The van der Waals surface area contributed by atoms with Gasteiger partial charge in [0.1, 0.15) is 0 Å². The standard InChI is InChI=1S/C16H19NO/c17-18-13-7-12-16(14-8-3-1-4-9-14)15-10-5-2-6-11-15/h1-6,8-11,16H,7,12-13,17H2. The van der Waals surface area contributed by atoms with Crippen molar-refractivity contribution in [2.24, 2.45) is 5.90 Å². The number of hydrogen-bond donors (Lipinski definition) is 1. The molecule has 0 saturated heterocycles. The molecule has 0 aliphatic rings. The second-order valence-electron chi connectivity index (χ2n) is 4.39. The van der Waals surface area contributed by atoms with Crippen LogP contribution in [0.3, 0.4) is 0 Å². The molecule has 2 aromatic carbocycles. The first-order valence-electron chi connectivity index (χ1n) is 6.33. The van der Waals surface area contributed by atoms with Crippen molar-refractivity contribution in [3.8, 4) is 0 Å². The highest BCUT2D eigenvalue weighted by molar-refractivity contribution is 5.32. The van der Waals surface area contributed by atoms with Crippen molar-refractivity contribution >= 4 is 0 Å². The van der Waals surface area contributed by atoms with Crippen LogP contribution in [0.5, 0.6) is 0 Å². The zero-order chi connectivity index (χ0) is 12.6. The Hall–Kier alpha value is -1.64. The smallest absolute Gasteiger partial charge is 0.0679 e. The van der Waals surface area contributed by atoms with Crippen LogP contribution in [0.25, 0.3) is 0 Å². The number of hydrogen-bond acceptors (Lipinski definition) is 2. The zero-order valence-electron chi connectivity index (χ0n) is 10.5. The maximum absolute atomic E-state index is 5.09. The third-order valence-corrected chi connectivity index (χ3v) is 3.16. The minimum Gasteiger partial charge on any atom is -0.305 e. The van der Waals surface area contributed by atoms with Gasteiger partial charge in [0.05, 0.1) is 6.61 Å². The Bertz CT molecular complexity index is 402. The van der Waals surface area contributed by atoms with Crippen molar-refractivity contribution in [2.75, 3.05) is 6.61 Å². The molecule has 0 atom stereocenters. The first-order valence-corrected chi connectivity index (χ1v) is 6.33. The minimum atomic E-state index is 0.419. The fourth-order valence-corrected chi connectivity index (χ4v) is 2.27. The SMILES string of the molecule is NOCCCC(c1ccccc1)c1ccccc1. The Balaban J connectivity index is 2.18. The normalized spacial score (nSPS) is 10.8. The summed E-state index contributed by atoms with van der Waals surface area (Å²) in [6.07, 6.45) is 2.01. The molecule has 0 aliphatic carbocycles. The molecular weight excluding hydrogens is 222 g/mol. The van der Waals surface area contributed by atoms with Crippen LogP contribution in [0.15, 0.2) is 60.7 Å². The molecule has 0 spiro atoms. The summed E-state index contributed by atoms with van der Waals surface area (Å²) in [4.78, 5) is 4.66. The molecule has 0 fully saturated rings. The summed E-state index contributed by atoms with van der Waals surface area (Å²) in [7, 11) is 0. The maximum Gasteiger partial charge on any atom is 0.0679 e. The van der Waals surface area contributed by atoms with Crippen LogP contribution in [-0.4, -0.2) is 6.61 Å². The topological polar surface area (TPSA) is 35.2 Å². The van der Waals surface area contributed by atoms with E-state index in [1.54, 1.807) is 0 Å². The van der Waals surface area contributed by atoms with Crippen LogP contribution in [0.4, 0.5) is 0 Å². The Morgan fingerprint density at radius 1 is 0.833 bits per heavy atom. The molecule has 0 saturated carbocycles. The van der Waals surface area contributed by atoms with Gasteiger partial charge in [0.15, 0.2) is 0 Å². The lowest BCUT2D eigenvalue weighted by Crippen LogP contribution is -2.05. The largest absolute Gasteiger partial charge is 0.305 e. The molecule has 2 nitrogen and oxygen atoms in total. The molecular formula is C16H19NO. The summed E-state index contributed by atoms with van der Waals surface area (Å²) >= 11 is 0. The summed E-state index contributed by atoms with van der Waals surface area (Å²) in [5.41, 5.74) is 2.70. The fraction of sp³-hybridized carbons (Fsp3) is 0.250. The maximum atomic E-state index is 5.09. The average molecular weight is 241 g/mol. The van der Waals surface area contributed by atoms with Crippen molar-refractivity contribution in [3.05, 3.63) is 71.8 Å². The molecule has 0 amide bonds. The van der Waals surface area contributed by atoms with E-state index in [1.807, 2.05) is 0 Å². The van der Waals surface area contributed by atoms with Gasteiger partial charge >= 0.3 is 0 Å². The van der Waals surface area contributed by atoms with Crippen molar-refractivity contribution in [2.45, 2.75) is 18.8 Å². The van der Waals surface area contributed by atoms with Gasteiger partial charge in [-0.3, -0.25) is 0 Å². The first kappa shape index (κ1) is 12.8. The summed E-state index contributed by atoms with van der Waals surface area (Å²) in [6.45, 7) is 0.607. The Kier molecular flexibility index (Phi) is 4.94. The summed E-state index contributed by atoms with van der Waals surface area (Å²) in [6, 6.07) is 21.2. The van der Waals surface area contributed by atoms with Crippen LogP contribution < -0.4 is 5.90 Å². The monoisotopic (exact) mass is 241 g/mol. The lowest BCUT2D eigenvalue weighted by molar-refractivity contribution is 0.133. The van der Waals surface area contributed by atoms with Gasteiger partial charge in [0.2, 0.25) is 0 Å². The second kappa shape index (κ2) is 6.94. The van der Waals surface area contributed by atoms with E-state index in [0.29, 0.717) is 12.5 Å². The van der Waals surface area contributed by atoms with Gasteiger partial charge in [0, 0.05) is 5.92 Å². The molecule has 94 valence electrons. The van der Waals surface area contributed by atoms with Crippen molar-refractivity contribution in [1.82, 2.24) is 0 Å². The van der Waals surface area contributed by atoms with Gasteiger partial charge < -0.3 is 4.84 Å². The molecule has 2 aromatic rings. The molecule has 0 unspecified atom stereocenters. The van der Waals surface area contributed by atoms with E-state index in [4.69, 9.17) is 5.90 Å². The van der Waals surface area contributed by atoms with E-state index in [2.05, 4.69) is 65.5 Å². The van der Waals surface area contributed by atoms with Crippen LogP contribution >= 0.6 is 0 Å². The Morgan fingerprint density at radius 3 is 1.78 bits per heavy atom. The molecule has 2 heteroatoms. The third kappa shape index (κ3) is 3.42. The van der Waals surface area contributed by atoms with Gasteiger partial charge in [-0.05, 0) is 24.0 Å². The van der Waals surface area contributed by atoms with E-state index in [0.717, 1.165) is 12.8 Å². The lowest BCUT2D eigenvalue weighted by Gasteiger charge is -2.17. The van der Waals surface area contributed by atoms with Gasteiger partial charge in [-0.1, -0.05) is 60.7 Å². The molecule has 0 bridgehead atoms. The lowest BCUT2D eigenvalue weighted by atomic mass is 9.88. The van der Waals surface area contributed by atoms with E-state index in [-0.39, 0.29) is 0 Å². The molecule has 2 N–H and O–H groups in total. The molecule has 0 radical (unpaired) electrons. The van der Waals surface area contributed by atoms with E-state index >= 15 is 0 Å². The summed E-state index contributed by atoms with van der Waals surface area (Å²) in [5.74, 6) is 5.51. The van der Waals surface area contributed by atoms with Crippen LogP contribution in [0, 0.1) is 0 Å². The number of benzene rings is 2. The van der Waals surface area contributed by atoms with Crippen molar-refractivity contribution in [1.29, 1.82) is 0 Å². The van der Waals surface area contributed by atoms with Gasteiger partial charge in [-0.25, -0.2) is 5.90 Å². The quantitative estimate of drug-likeness (QED) is 0.620. The Morgan fingerprint density at radius 2 is 1.33 bits per heavy atom. The molecule has 0 aromatic heterocycles. The molecule has 0 heterocycles. The second-order valence-corrected chi connectivity index (χ2v) is 4.39. The molecule has 0 aliphatic heterocycles. The Labute approximate surface area is 108 Å². The van der Waals surface area contributed by atoms with Crippen molar-refractivity contribution < 1.29 is 4.84 Å². The van der Waals surface area contributed by atoms with Crippen LogP contribution in [-0.2, 0) is 4.84 Å². The number of nitrogens with two attached hydrogens (primary N) is 1. The highest BCUT2D eigenvalue weighted by atomic mass is 16.6. The average Bonchev–Trinajstić information content (AvgIpc) is 2.46. The zero-order valence-corrected chi connectivity index (χ0v) is 10.5. The van der Waals surface area contributed by atoms with Gasteiger partial charge in [0.25, 0.3) is 0 Å². The van der Waals surface area contributed by atoms with Gasteiger partial charge in [-0.2, -0.15) is 0 Å². The van der Waals surface area contributed by atoms with E-state index < -0.39 is 0 Å². The predicted molar refractivity (Wildman–Crippen MR) is 74.1 cm³/mol. The van der Waals surface area contributed by atoms with E-state index in [9.17, 15) is 0 Å². The minimum absolute atomic E-state index is 0.419. The van der Waals surface area contributed by atoms with Crippen LogP contribution in [0.2, 0.25) is 0 Å². The first-order chi connectivity index (χ1) is 8.92. The third-order valence-electron chi connectivity index (χ3n) is 3.16. The highest BCUT2D eigenvalue weighted by Crippen LogP contribution is 2.28. The predicted octanol–water partition coefficient (Wildman–Crippen LogP) is 3.49. The van der Waals surface area contributed by atoms with Crippen molar-refractivity contribution in [3.63, 3.8) is 0 Å². The molecule has 18 heavy (non-hydrogen) atoms. The summed E-state index contributed by atoms with van der Waals surface area (Å²) < 4.78 is 0. The fourth-order valence-electron chi connectivity index (χ4n) is 2.27. The van der Waals surface area contributed by atoms with E-state index in [1.165, 1.54) is 11.1 Å². The molecule has 2 rings (SSSR count). The highest BCUT2D eigenvalue weighted by Gasteiger charge is 2.12. The van der Waals surface area contributed by atoms with Gasteiger partial charge in [-0.15, -0.1) is 0 Å². The van der Waals surface area contributed by atoms with Crippen LogP contribution in [0.1, 0.15) is 29.9 Å². The summed E-state index contributed by atoms with van der Waals surface area (Å²) in [5, 5.41) is 0. The number of rotatable bonds is 6.